The second-order valence-corrected chi connectivity index (χ2v) is 3.58. The molecule has 2 heterocycles. The maximum Gasteiger partial charge on any atom is 0.330 e. The Kier molecular flexibility index (Phi) is 2.77. The largest absolute Gasteiger partial charge is 0.359 e. The molecular formula is C9H11N5O3. The van der Waals surface area contributed by atoms with E-state index in [1.54, 1.807) is 20.0 Å². The Labute approximate surface area is 96.4 Å². The molecular weight excluding hydrogens is 226 g/mol. The Balaban J connectivity index is 2.11. The summed E-state index contributed by atoms with van der Waals surface area (Å²) in [6.07, 6.45) is 1.34. The second-order valence-electron chi connectivity index (χ2n) is 3.58. The molecule has 0 fully saturated rings. The molecule has 0 atom stereocenters. The summed E-state index contributed by atoms with van der Waals surface area (Å²) in [6.45, 7) is 2.11. The summed E-state index contributed by atoms with van der Waals surface area (Å²) in [7, 11) is 1.62. The molecule has 0 aliphatic heterocycles. The van der Waals surface area contributed by atoms with Gasteiger partial charge in [0, 0.05) is 13.1 Å². The van der Waals surface area contributed by atoms with E-state index in [0.29, 0.717) is 12.3 Å². The van der Waals surface area contributed by atoms with Crippen LogP contribution in [0.3, 0.4) is 0 Å². The lowest BCUT2D eigenvalue weighted by atomic mass is 10.4. The summed E-state index contributed by atoms with van der Waals surface area (Å²) in [5.41, 5.74) is 0.695. The van der Waals surface area contributed by atoms with Gasteiger partial charge in [0.2, 0.25) is 5.82 Å². The molecule has 0 aliphatic rings. The first kappa shape index (κ1) is 11.1. The van der Waals surface area contributed by atoms with Crippen molar-refractivity contribution in [3.05, 3.63) is 33.8 Å². The summed E-state index contributed by atoms with van der Waals surface area (Å²) in [6, 6.07) is 1.75. The zero-order chi connectivity index (χ0) is 12.4. The molecule has 0 spiro atoms. The highest BCUT2D eigenvalue weighted by atomic mass is 16.6. The predicted octanol–water partition coefficient (Wildman–Crippen LogP) is 1.24. The van der Waals surface area contributed by atoms with E-state index in [1.165, 1.54) is 10.9 Å². The highest BCUT2D eigenvalue weighted by Gasteiger charge is 2.18. The minimum absolute atomic E-state index is 0.0660. The van der Waals surface area contributed by atoms with Gasteiger partial charge in [-0.05, 0) is 6.92 Å². The lowest BCUT2D eigenvalue weighted by Gasteiger charge is -1.98. The van der Waals surface area contributed by atoms with Gasteiger partial charge in [-0.3, -0.25) is 14.8 Å². The molecule has 0 radical (unpaired) electrons. The van der Waals surface area contributed by atoms with E-state index in [9.17, 15) is 10.1 Å². The van der Waals surface area contributed by atoms with Crippen LogP contribution in [-0.2, 0) is 13.6 Å². The van der Waals surface area contributed by atoms with Gasteiger partial charge >= 0.3 is 5.69 Å². The highest BCUT2D eigenvalue weighted by Crippen LogP contribution is 2.21. The van der Waals surface area contributed by atoms with Gasteiger partial charge < -0.3 is 9.84 Å². The van der Waals surface area contributed by atoms with Crippen LogP contribution in [0.2, 0.25) is 0 Å². The first-order chi connectivity index (χ1) is 8.06. The summed E-state index contributed by atoms with van der Waals surface area (Å²) >= 11 is 0. The van der Waals surface area contributed by atoms with Crippen molar-refractivity contribution < 1.29 is 9.45 Å². The quantitative estimate of drug-likeness (QED) is 0.634. The molecule has 0 saturated carbocycles. The van der Waals surface area contributed by atoms with Crippen molar-refractivity contribution in [1.29, 1.82) is 0 Å². The van der Waals surface area contributed by atoms with E-state index >= 15 is 0 Å². The average Bonchev–Trinajstić information content (AvgIpc) is 2.82. The molecule has 2 aromatic rings. The summed E-state index contributed by atoms with van der Waals surface area (Å²) in [5.74, 6) is 0.814. The van der Waals surface area contributed by atoms with Crippen molar-refractivity contribution in [3.63, 3.8) is 0 Å². The minimum Gasteiger partial charge on any atom is -0.359 e. The van der Waals surface area contributed by atoms with Crippen molar-refractivity contribution in [3.8, 4) is 0 Å². The molecule has 8 heteroatoms. The number of nitro groups is 1. The third-order valence-corrected chi connectivity index (χ3v) is 2.11. The number of rotatable bonds is 4. The van der Waals surface area contributed by atoms with Gasteiger partial charge in [-0.2, -0.15) is 0 Å². The smallest absolute Gasteiger partial charge is 0.330 e. The van der Waals surface area contributed by atoms with Crippen molar-refractivity contribution in [2.24, 2.45) is 7.05 Å². The van der Waals surface area contributed by atoms with E-state index < -0.39 is 4.92 Å². The number of anilines is 1. The molecule has 0 aromatic carbocycles. The van der Waals surface area contributed by atoms with Crippen LogP contribution < -0.4 is 5.32 Å². The van der Waals surface area contributed by atoms with Crippen LogP contribution >= 0.6 is 0 Å². The van der Waals surface area contributed by atoms with Gasteiger partial charge in [-0.25, -0.2) is 0 Å². The number of nitrogens with one attached hydrogen (secondary N) is 1. The van der Waals surface area contributed by atoms with Crippen LogP contribution in [0.5, 0.6) is 0 Å². The lowest BCUT2D eigenvalue weighted by Crippen LogP contribution is -2.01. The van der Waals surface area contributed by atoms with Crippen LogP contribution in [0.15, 0.2) is 16.8 Å². The van der Waals surface area contributed by atoms with Gasteiger partial charge in [-0.1, -0.05) is 5.16 Å². The summed E-state index contributed by atoms with van der Waals surface area (Å²) in [5, 5.41) is 21.2. The Morgan fingerprint density at radius 2 is 2.41 bits per heavy atom. The van der Waals surface area contributed by atoms with Crippen LogP contribution in [-0.4, -0.2) is 19.9 Å². The molecule has 17 heavy (non-hydrogen) atoms. The fourth-order valence-corrected chi connectivity index (χ4v) is 1.41. The third kappa shape index (κ3) is 2.41. The Morgan fingerprint density at radius 1 is 1.65 bits per heavy atom. The van der Waals surface area contributed by atoms with E-state index in [2.05, 4.69) is 15.6 Å². The fraction of sp³-hybridized carbons (Fsp3) is 0.333. The first-order valence-corrected chi connectivity index (χ1v) is 4.90. The molecule has 0 amide bonds. The Hall–Kier alpha value is -2.38. The predicted molar refractivity (Wildman–Crippen MR) is 58.4 cm³/mol. The summed E-state index contributed by atoms with van der Waals surface area (Å²) in [4.78, 5) is 10.2. The average molecular weight is 237 g/mol. The molecule has 8 nitrogen and oxygen atoms in total. The Morgan fingerprint density at radius 3 is 3.00 bits per heavy atom. The normalized spacial score (nSPS) is 10.5. The minimum atomic E-state index is -0.485. The van der Waals surface area contributed by atoms with Crippen molar-refractivity contribution >= 4 is 11.5 Å². The number of hydrogen-bond acceptors (Lipinski definition) is 6. The van der Waals surface area contributed by atoms with Gasteiger partial charge in [0.1, 0.15) is 6.20 Å². The third-order valence-electron chi connectivity index (χ3n) is 2.11. The van der Waals surface area contributed by atoms with E-state index in [1.807, 2.05) is 0 Å². The van der Waals surface area contributed by atoms with Crippen molar-refractivity contribution in [2.75, 3.05) is 5.32 Å². The van der Waals surface area contributed by atoms with Crippen LogP contribution in [0, 0.1) is 17.0 Å². The van der Waals surface area contributed by atoms with Crippen molar-refractivity contribution in [2.45, 2.75) is 13.5 Å². The van der Waals surface area contributed by atoms with Gasteiger partial charge in [0.15, 0.2) is 5.76 Å². The molecule has 0 unspecified atom stereocenters. The van der Waals surface area contributed by atoms with Gasteiger partial charge in [0.25, 0.3) is 0 Å². The SMILES string of the molecule is Cc1cc(CNc2nn(C)cc2[N+](=O)[O-])on1. The molecule has 0 bridgehead atoms. The zero-order valence-electron chi connectivity index (χ0n) is 9.38. The maximum absolute atomic E-state index is 10.7. The van der Waals surface area contributed by atoms with Crippen molar-refractivity contribution in [1.82, 2.24) is 14.9 Å². The lowest BCUT2D eigenvalue weighted by molar-refractivity contribution is -0.384. The molecule has 2 rings (SSSR count). The molecule has 2 aromatic heterocycles. The standard InChI is InChI=1S/C9H11N5O3/c1-6-3-7(17-12-6)4-10-9-8(14(15)16)5-13(2)11-9/h3,5H,4H2,1-2H3,(H,10,11). The van der Waals surface area contributed by atoms with Crippen LogP contribution in [0.25, 0.3) is 0 Å². The van der Waals surface area contributed by atoms with E-state index in [-0.39, 0.29) is 11.5 Å². The second kappa shape index (κ2) is 4.24. The van der Waals surface area contributed by atoms with Crippen LogP contribution in [0.4, 0.5) is 11.5 Å². The van der Waals surface area contributed by atoms with Crippen LogP contribution in [0.1, 0.15) is 11.5 Å². The number of aryl methyl sites for hydroxylation is 2. The monoisotopic (exact) mass is 237 g/mol. The number of hydrogen-bond donors (Lipinski definition) is 1. The zero-order valence-corrected chi connectivity index (χ0v) is 9.38. The van der Waals surface area contributed by atoms with Gasteiger partial charge in [0.05, 0.1) is 17.2 Å². The molecule has 0 saturated heterocycles. The summed E-state index contributed by atoms with van der Waals surface area (Å²) < 4.78 is 6.36. The highest BCUT2D eigenvalue weighted by molar-refractivity contribution is 5.54. The molecule has 90 valence electrons. The van der Waals surface area contributed by atoms with Gasteiger partial charge in [-0.15, -0.1) is 5.10 Å². The number of aromatic nitrogens is 3. The van der Waals surface area contributed by atoms with E-state index in [4.69, 9.17) is 4.52 Å². The molecule has 0 aliphatic carbocycles. The fourth-order valence-electron chi connectivity index (χ4n) is 1.41. The molecule has 1 N–H and O–H groups in total. The maximum atomic E-state index is 10.7. The Bertz CT molecular complexity index is 545. The topological polar surface area (TPSA) is 99.0 Å². The van der Waals surface area contributed by atoms with E-state index in [0.717, 1.165) is 5.69 Å². The number of nitrogens with zero attached hydrogens (tertiary/aromatic N) is 4. The first-order valence-electron chi connectivity index (χ1n) is 4.90.